The Morgan fingerprint density at radius 1 is 1.43 bits per heavy atom. The Morgan fingerprint density at radius 2 is 2.17 bits per heavy atom. The average Bonchev–Trinajstić information content (AvgIpc) is 3.18. The van der Waals surface area contributed by atoms with E-state index in [1.807, 2.05) is 37.3 Å². The molecule has 1 aliphatic heterocycles. The van der Waals surface area contributed by atoms with Gasteiger partial charge in [-0.05, 0) is 38.2 Å². The summed E-state index contributed by atoms with van der Waals surface area (Å²) in [5.74, 6) is 5.43. The van der Waals surface area contributed by atoms with E-state index in [0.29, 0.717) is 25.7 Å². The number of hydrogen-bond donors (Lipinski definition) is 2. The van der Waals surface area contributed by atoms with Crippen molar-refractivity contribution in [2.45, 2.75) is 70.2 Å². The minimum absolute atomic E-state index is 0. The van der Waals surface area contributed by atoms with Crippen LogP contribution in [-0.4, -0.2) is 34.5 Å². The number of fused-ring (bicyclic) bond motifs is 3. The van der Waals surface area contributed by atoms with Crippen LogP contribution >= 0.6 is 0 Å². The third kappa shape index (κ3) is 5.12. The normalized spacial score (nSPS) is 28.5. The van der Waals surface area contributed by atoms with Crippen LogP contribution in [0.3, 0.4) is 0 Å². The summed E-state index contributed by atoms with van der Waals surface area (Å²) in [6, 6.07) is 7.81. The van der Waals surface area contributed by atoms with Crippen molar-refractivity contribution in [2.24, 2.45) is 11.3 Å². The van der Waals surface area contributed by atoms with E-state index in [-0.39, 0.29) is 53.9 Å². The van der Waals surface area contributed by atoms with E-state index in [4.69, 9.17) is 4.74 Å². The van der Waals surface area contributed by atoms with Crippen molar-refractivity contribution in [3.8, 4) is 17.6 Å². The maximum Gasteiger partial charge on any atom is 1.00 e. The number of rotatable bonds is 8. The number of hydrogen-bond acceptors (Lipinski definition) is 5. The van der Waals surface area contributed by atoms with Gasteiger partial charge in [-0.3, -0.25) is 0 Å². The molecule has 5 nitrogen and oxygen atoms in total. The van der Waals surface area contributed by atoms with Crippen LogP contribution in [0, 0.1) is 23.2 Å². The molecule has 1 aromatic rings. The molecule has 2 N–H and O–H groups in total. The van der Waals surface area contributed by atoms with E-state index < -0.39 is 23.6 Å². The number of carbonyl (C=O) groups is 1. The number of aliphatic hydroxyl groups is 2. The van der Waals surface area contributed by atoms with Gasteiger partial charge in [0, 0.05) is 35.7 Å². The average molecular weight is 420 g/mol. The van der Waals surface area contributed by atoms with Crippen molar-refractivity contribution >= 4 is 5.97 Å². The molecule has 30 heavy (non-hydrogen) atoms. The summed E-state index contributed by atoms with van der Waals surface area (Å²) in [6.07, 6.45) is 3.98. The molecule has 6 heteroatoms. The second kappa shape index (κ2) is 10.8. The van der Waals surface area contributed by atoms with Crippen molar-refractivity contribution in [3.63, 3.8) is 0 Å². The number of ether oxygens (including phenoxy) is 1. The van der Waals surface area contributed by atoms with Crippen LogP contribution in [0.1, 0.15) is 57.4 Å². The van der Waals surface area contributed by atoms with Crippen molar-refractivity contribution in [1.82, 2.24) is 0 Å². The van der Waals surface area contributed by atoms with Crippen LogP contribution in [0.4, 0.5) is 0 Å². The Labute approximate surface area is 200 Å². The molecule has 0 amide bonds. The van der Waals surface area contributed by atoms with E-state index in [1.165, 1.54) is 0 Å². The molecule has 0 saturated heterocycles. The van der Waals surface area contributed by atoms with Crippen molar-refractivity contribution < 1.29 is 54.4 Å². The second-order valence-electron chi connectivity index (χ2n) is 8.22. The summed E-state index contributed by atoms with van der Waals surface area (Å²) in [7, 11) is 0. The Hall–Kier alpha value is -1.29. The topological polar surface area (TPSA) is 89.8 Å². The first-order chi connectivity index (χ1) is 13.9. The van der Waals surface area contributed by atoms with E-state index in [1.54, 1.807) is 13.0 Å². The molecule has 0 aromatic heterocycles. The molecule has 1 aliphatic carbocycles. The van der Waals surface area contributed by atoms with Gasteiger partial charge < -0.3 is 24.9 Å². The molecule has 1 heterocycles. The molecule has 1 saturated carbocycles. The Balaban J connectivity index is 0.00000320. The van der Waals surface area contributed by atoms with Gasteiger partial charge in [-0.25, -0.2) is 0 Å². The molecule has 1 aromatic carbocycles. The smallest absolute Gasteiger partial charge is 0.550 e. The predicted molar refractivity (Wildman–Crippen MR) is 108 cm³/mol. The SMILES string of the molecule is CC#CCC(C)[C@H](O)/C=C/[C@@]1(CCCC(=O)[O-])[C@H](O)C[C@@H]2Oc3ccccc3[C@@H]21.[Na+]. The number of aliphatic hydroxyl groups excluding tert-OH is 2. The van der Waals surface area contributed by atoms with Gasteiger partial charge in [0.15, 0.2) is 0 Å². The van der Waals surface area contributed by atoms with Crippen LogP contribution in [0.15, 0.2) is 36.4 Å². The molecule has 3 rings (SSSR count). The van der Waals surface area contributed by atoms with Gasteiger partial charge in [0.2, 0.25) is 0 Å². The number of carbonyl (C=O) groups excluding carboxylic acids is 1. The summed E-state index contributed by atoms with van der Waals surface area (Å²) in [6.45, 7) is 3.71. The molecule has 0 radical (unpaired) electrons. The maximum absolute atomic E-state index is 11.0. The molecule has 1 unspecified atom stereocenters. The van der Waals surface area contributed by atoms with Gasteiger partial charge in [-0.15, -0.1) is 11.8 Å². The predicted octanol–water partition coefficient (Wildman–Crippen LogP) is -0.827. The fourth-order valence-corrected chi connectivity index (χ4v) is 4.75. The molecule has 156 valence electrons. The zero-order valence-corrected chi connectivity index (χ0v) is 20.0. The van der Waals surface area contributed by atoms with Crippen LogP contribution in [-0.2, 0) is 4.79 Å². The Morgan fingerprint density at radius 3 is 2.87 bits per heavy atom. The molecule has 1 fully saturated rings. The summed E-state index contributed by atoms with van der Waals surface area (Å²) in [5, 5.41) is 32.6. The quantitative estimate of drug-likeness (QED) is 0.326. The Bertz CT molecular complexity index is 826. The maximum atomic E-state index is 11.0. The van der Waals surface area contributed by atoms with Crippen LogP contribution < -0.4 is 39.4 Å². The fraction of sp³-hybridized carbons (Fsp3) is 0.542. The summed E-state index contributed by atoms with van der Waals surface area (Å²) in [5.41, 5.74) is 0.343. The zero-order chi connectivity index (χ0) is 21.0. The number of carboxylic acids is 1. The minimum Gasteiger partial charge on any atom is -0.550 e. The summed E-state index contributed by atoms with van der Waals surface area (Å²) >= 11 is 0. The monoisotopic (exact) mass is 420 g/mol. The number of para-hydroxylation sites is 1. The van der Waals surface area contributed by atoms with Crippen LogP contribution in [0.5, 0.6) is 5.75 Å². The standard InChI is InChI=1S/C24H30O5.Na/c1-3-4-8-16(2)18(25)12-14-24(13-7-11-22(27)28)21(26)15-20-23(24)17-9-5-6-10-19(17)29-20;/h5-6,9-10,12,14,16,18,20-21,23,25-26H,7-8,11,13,15H2,1-2H3,(H,27,28);/q;+1/p-1/b14-12+;/t16?,18-,20+,21-,23+,24+;/m1./s1. The third-order valence-corrected chi connectivity index (χ3v) is 6.34. The first-order valence-electron chi connectivity index (χ1n) is 10.3. The molecular weight excluding hydrogens is 391 g/mol. The van der Waals surface area contributed by atoms with Gasteiger partial charge >= 0.3 is 29.6 Å². The van der Waals surface area contributed by atoms with E-state index in [9.17, 15) is 20.1 Å². The first-order valence-corrected chi connectivity index (χ1v) is 10.3. The number of aliphatic carboxylic acids is 1. The molecule has 2 aliphatic rings. The Kier molecular flexibility index (Phi) is 9.02. The third-order valence-electron chi connectivity index (χ3n) is 6.34. The van der Waals surface area contributed by atoms with E-state index >= 15 is 0 Å². The van der Waals surface area contributed by atoms with Crippen molar-refractivity contribution in [3.05, 3.63) is 42.0 Å². The van der Waals surface area contributed by atoms with Crippen molar-refractivity contribution in [1.29, 1.82) is 0 Å². The first kappa shape index (κ1) is 25.0. The van der Waals surface area contributed by atoms with Crippen molar-refractivity contribution in [2.75, 3.05) is 0 Å². The van der Waals surface area contributed by atoms with Crippen LogP contribution in [0.2, 0.25) is 0 Å². The summed E-state index contributed by atoms with van der Waals surface area (Å²) < 4.78 is 6.09. The fourth-order valence-electron chi connectivity index (χ4n) is 4.75. The van der Waals surface area contributed by atoms with Gasteiger partial charge in [-0.2, -0.15) is 0 Å². The summed E-state index contributed by atoms with van der Waals surface area (Å²) in [4.78, 5) is 11.0. The van der Waals surface area contributed by atoms with Gasteiger partial charge in [0.1, 0.15) is 11.9 Å². The van der Waals surface area contributed by atoms with Gasteiger partial charge in [-0.1, -0.05) is 37.3 Å². The second-order valence-corrected chi connectivity index (χ2v) is 8.22. The van der Waals surface area contributed by atoms with E-state index in [0.717, 1.165) is 11.3 Å². The van der Waals surface area contributed by atoms with E-state index in [2.05, 4.69) is 11.8 Å². The molecule has 0 spiro atoms. The zero-order valence-electron chi connectivity index (χ0n) is 18.0. The molecule has 6 atom stereocenters. The molecule has 0 bridgehead atoms. The van der Waals surface area contributed by atoms with Gasteiger partial charge in [0.05, 0.1) is 12.2 Å². The van der Waals surface area contributed by atoms with Crippen LogP contribution in [0.25, 0.3) is 0 Å². The number of benzene rings is 1. The largest absolute Gasteiger partial charge is 1.00 e. The van der Waals surface area contributed by atoms with Gasteiger partial charge in [0.25, 0.3) is 0 Å². The minimum atomic E-state index is -1.09. The molecular formula is C24H29NaO5. The number of carboxylic acid groups (broad SMARTS) is 1.